The molecule has 1 aromatic carbocycles. The summed E-state index contributed by atoms with van der Waals surface area (Å²) in [6.45, 7) is 4.68. The Morgan fingerprint density at radius 3 is 2.65 bits per heavy atom. The third-order valence-electron chi connectivity index (χ3n) is 5.66. The lowest BCUT2D eigenvalue weighted by Crippen LogP contribution is -2.50. The monoisotopic (exact) mass is 362 g/mol. The lowest BCUT2D eigenvalue weighted by atomic mass is 9.95. The van der Waals surface area contributed by atoms with Crippen LogP contribution in [0.15, 0.2) is 29.3 Å². The second kappa shape index (κ2) is 8.82. The molecule has 2 aliphatic rings. The SMILES string of the molecule is CN=C(NCC1(c2ccccc2F)CC1)NC1CCN(CCOC)CC1. The van der Waals surface area contributed by atoms with E-state index >= 15 is 0 Å². The van der Waals surface area contributed by atoms with Gasteiger partial charge in [-0.05, 0) is 37.3 Å². The maximum absolute atomic E-state index is 14.1. The number of rotatable bonds is 7. The number of methoxy groups -OCH3 is 1. The molecule has 1 heterocycles. The van der Waals surface area contributed by atoms with Gasteiger partial charge in [0.2, 0.25) is 0 Å². The predicted molar refractivity (Wildman–Crippen MR) is 103 cm³/mol. The number of hydrogen-bond donors (Lipinski definition) is 2. The Morgan fingerprint density at radius 1 is 1.31 bits per heavy atom. The van der Waals surface area contributed by atoms with Gasteiger partial charge < -0.3 is 20.3 Å². The van der Waals surface area contributed by atoms with Gasteiger partial charge in [0.05, 0.1) is 6.61 Å². The first kappa shape index (κ1) is 19.1. The van der Waals surface area contributed by atoms with Crippen LogP contribution in [-0.2, 0) is 10.2 Å². The molecule has 2 N–H and O–H groups in total. The third-order valence-corrected chi connectivity index (χ3v) is 5.66. The number of piperidine rings is 1. The Labute approximate surface area is 156 Å². The van der Waals surface area contributed by atoms with Gasteiger partial charge in [-0.3, -0.25) is 4.99 Å². The molecule has 26 heavy (non-hydrogen) atoms. The predicted octanol–water partition coefficient (Wildman–Crippen LogP) is 2.13. The van der Waals surface area contributed by atoms with E-state index in [1.165, 1.54) is 0 Å². The molecule has 0 unspecified atom stereocenters. The molecule has 0 radical (unpaired) electrons. The lowest BCUT2D eigenvalue weighted by Gasteiger charge is -2.33. The second-order valence-electron chi connectivity index (χ2n) is 7.44. The summed E-state index contributed by atoms with van der Waals surface area (Å²) in [4.78, 5) is 6.80. The van der Waals surface area contributed by atoms with E-state index in [-0.39, 0.29) is 11.2 Å². The average molecular weight is 362 g/mol. The molecule has 1 saturated carbocycles. The van der Waals surface area contributed by atoms with Crippen LogP contribution in [-0.4, -0.2) is 63.8 Å². The Morgan fingerprint density at radius 2 is 2.04 bits per heavy atom. The van der Waals surface area contributed by atoms with E-state index in [0.29, 0.717) is 6.04 Å². The number of hydrogen-bond acceptors (Lipinski definition) is 3. The van der Waals surface area contributed by atoms with Crippen molar-refractivity contribution in [2.45, 2.75) is 37.1 Å². The maximum Gasteiger partial charge on any atom is 0.191 e. The molecule has 6 heteroatoms. The highest BCUT2D eigenvalue weighted by Gasteiger charge is 2.45. The number of ether oxygens (including phenoxy) is 1. The molecular weight excluding hydrogens is 331 g/mol. The van der Waals surface area contributed by atoms with Crippen LogP contribution < -0.4 is 10.6 Å². The summed E-state index contributed by atoms with van der Waals surface area (Å²) in [6, 6.07) is 7.57. The molecule has 0 amide bonds. The molecule has 1 aliphatic heterocycles. The number of nitrogens with zero attached hydrogens (tertiary/aromatic N) is 2. The van der Waals surface area contributed by atoms with Crippen LogP contribution in [0.4, 0.5) is 4.39 Å². The van der Waals surface area contributed by atoms with Gasteiger partial charge >= 0.3 is 0 Å². The zero-order chi connectivity index (χ0) is 18.4. The van der Waals surface area contributed by atoms with Crippen molar-refractivity contribution in [2.24, 2.45) is 4.99 Å². The third kappa shape index (κ3) is 4.74. The van der Waals surface area contributed by atoms with E-state index in [2.05, 4.69) is 20.5 Å². The van der Waals surface area contributed by atoms with Crippen LogP contribution in [0.1, 0.15) is 31.2 Å². The number of benzene rings is 1. The van der Waals surface area contributed by atoms with Crippen LogP contribution >= 0.6 is 0 Å². The van der Waals surface area contributed by atoms with Crippen LogP contribution in [0.25, 0.3) is 0 Å². The van der Waals surface area contributed by atoms with Crippen LogP contribution in [0, 0.1) is 5.82 Å². The van der Waals surface area contributed by atoms with Crippen molar-refractivity contribution in [1.29, 1.82) is 0 Å². The summed E-state index contributed by atoms with van der Waals surface area (Å²) >= 11 is 0. The Kier molecular flexibility index (Phi) is 6.48. The van der Waals surface area contributed by atoms with Crippen LogP contribution in [0.2, 0.25) is 0 Å². The van der Waals surface area contributed by atoms with Crippen molar-refractivity contribution in [2.75, 3.05) is 46.9 Å². The summed E-state index contributed by atoms with van der Waals surface area (Å²) in [7, 11) is 3.55. The van der Waals surface area contributed by atoms with Crippen molar-refractivity contribution >= 4 is 5.96 Å². The summed E-state index contributed by atoms with van der Waals surface area (Å²) in [6.07, 6.45) is 4.25. The zero-order valence-electron chi connectivity index (χ0n) is 15.9. The van der Waals surface area contributed by atoms with Crippen LogP contribution in [0.3, 0.4) is 0 Å². The number of halogens is 1. The van der Waals surface area contributed by atoms with Gasteiger partial charge in [0.15, 0.2) is 5.96 Å². The molecule has 1 aliphatic carbocycles. The normalized spacial score (nSPS) is 20.8. The van der Waals surface area contributed by atoms with Crippen molar-refractivity contribution in [3.8, 4) is 0 Å². The van der Waals surface area contributed by atoms with Gasteiger partial charge in [0.1, 0.15) is 5.82 Å². The van der Waals surface area contributed by atoms with Crippen molar-refractivity contribution in [3.63, 3.8) is 0 Å². The second-order valence-corrected chi connectivity index (χ2v) is 7.44. The summed E-state index contributed by atoms with van der Waals surface area (Å²) in [5.41, 5.74) is 0.751. The molecule has 5 nitrogen and oxygen atoms in total. The van der Waals surface area contributed by atoms with Gasteiger partial charge in [-0.2, -0.15) is 0 Å². The number of likely N-dealkylation sites (tertiary alicyclic amines) is 1. The highest BCUT2D eigenvalue weighted by Crippen LogP contribution is 2.48. The molecule has 0 atom stereocenters. The van der Waals surface area contributed by atoms with Gasteiger partial charge in [0.25, 0.3) is 0 Å². The molecular formula is C20H31FN4O. The van der Waals surface area contributed by atoms with E-state index in [1.807, 2.05) is 12.1 Å². The highest BCUT2D eigenvalue weighted by molar-refractivity contribution is 5.80. The molecule has 0 spiro atoms. The smallest absolute Gasteiger partial charge is 0.191 e. The summed E-state index contributed by atoms with van der Waals surface area (Å²) in [5, 5.41) is 6.97. The summed E-state index contributed by atoms with van der Waals surface area (Å²) < 4.78 is 19.3. The van der Waals surface area contributed by atoms with Gasteiger partial charge in [-0.15, -0.1) is 0 Å². The Hall–Kier alpha value is -1.66. The average Bonchev–Trinajstić information content (AvgIpc) is 3.45. The fraction of sp³-hybridized carbons (Fsp3) is 0.650. The molecule has 1 saturated heterocycles. The fourth-order valence-electron chi connectivity index (χ4n) is 3.75. The molecule has 3 rings (SSSR count). The highest BCUT2D eigenvalue weighted by atomic mass is 19.1. The van der Waals surface area contributed by atoms with E-state index < -0.39 is 0 Å². The minimum Gasteiger partial charge on any atom is -0.383 e. The lowest BCUT2D eigenvalue weighted by molar-refractivity contribution is 0.128. The molecule has 2 fully saturated rings. The van der Waals surface area contributed by atoms with E-state index in [1.54, 1.807) is 26.3 Å². The maximum atomic E-state index is 14.1. The topological polar surface area (TPSA) is 48.9 Å². The van der Waals surface area contributed by atoms with Crippen molar-refractivity contribution in [3.05, 3.63) is 35.6 Å². The van der Waals surface area contributed by atoms with E-state index in [4.69, 9.17) is 4.74 Å². The standard InChI is InChI=1S/C20H31FN4O/c1-22-19(24-16-7-11-25(12-8-16)13-14-26-2)23-15-20(9-10-20)17-5-3-4-6-18(17)21/h3-6,16H,7-15H2,1-2H3,(H2,22,23,24). The molecule has 144 valence electrons. The molecule has 0 bridgehead atoms. The fourth-order valence-corrected chi connectivity index (χ4v) is 3.75. The van der Waals surface area contributed by atoms with E-state index in [0.717, 1.165) is 70.0 Å². The zero-order valence-corrected chi connectivity index (χ0v) is 15.9. The Balaban J connectivity index is 1.47. The largest absolute Gasteiger partial charge is 0.383 e. The molecule has 1 aromatic rings. The Bertz CT molecular complexity index is 610. The number of guanidine groups is 1. The summed E-state index contributed by atoms with van der Waals surface area (Å²) in [5.74, 6) is 0.723. The van der Waals surface area contributed by atoms with E-state index in [9.17, 15) is 4.39 Å². The quantitative estimate of drug-likeness (QED) is 0.576. The van der Waals surface area contributed by atoms with Gasteiger partial charge in [-0.25, -0.2) is 4.39 Å². The van der Waals surface area contributed by atoms with Crippen molar-refractivity contribution < 1.29 is 9.13 Å². The first-order chi connectivity index (χ1) is 12.7. The minimum absolute atomic E-state index is 0.0769. The minimum atomic E-state index is -0.0989. The molecule has 0 aromatic heterocycles. The first-order valence-corrected chi connectivity index (χ1v) is 9.60. The van der Waals surface area contributed by atoms with Gasteiger partial charge in [0, 0.05) is 51.8 Å². The first-order valence-electron chi connectivity index (χ1n) is 9.60. The number of aliphatic imine (C=N–C) groups is 1. The van der Waals surface area contributed by atoms with Crippen LogP contribution in [0.5, 0.6) is 0 Å². The van der Waals surface area contributed by atoms with Crippen molar-refractivity contribution in [1.82, 2.24) is 15.5 Å². The van der Waals surface area contributed by atoms with Gasteiger partial charge in [-0.1, -0.05) is 18.2 Å². The number of nitrogens with one attached hydrogen (secondary N) is 2.